The van der Waals surface area contributed by atoms with Gasteiger partial charge in [0.2, 0.25) is 0 Å². The van der Waals surface area contributed by atoms with Gasteiger partial charge in [-0.1, -0.05) is 19.8 Å². The molecule has 0 saturated heterocycles. The third-order valence-electron chi connectivity index (χ3n) is 4.21. The Morgan fingerprint density at radius 1 is 1.65 bits per heavy atom. The van der Waals surface area contributed by atoms with Crippen molar-refractivity contribution in [2.24, 2.45) is 22.6 Å². The molecule has 4 heteroatoms. The zero-order valence-corrected chi connectivity index (χ0v) is 10.4. The van der Waals surface area contributed by atoms with Crippen LogP contribution in [0.2, 0.25) is 0 Å². The zero-order chi connectivity index (χ0) is 12.6. The summed E-state index contributed by atoms with van der Waals surface area (Å²) in [7, 11) is 0. The van der Waals surface area contributed by atoms with Crippen molar-refractivity contribution in [3.05, 3.63) is 0 Å². The average Bonchev–Trinajstić information content (AvgIpc) is 2.49. The Kier molecular flexibility index (Phi) is 2.86. The number of rotatable bonds is 1. The van der Waals surface area contributed by atoms with Gasteiger partial charge in [0.1, 0.15) is 11.4 Å². The lowest BCUT2D eigenvalue weighted by Crippen LogP contribution is -2.60. The molecule has 3 unspecified atom stereocenters. The SMILES string of the molecule is C#CCN1C(=O)N=C(N)C12CCC(C)CC2C. The molecule has 2 aliphatic rings. The molecular formula is C13H19N3O. The molecule has 1 saturated carbocycles. The predicted molar refractivity (Wildman–Crippen MR) is 67.5 cm³/mol. The van der Waals surface area contributed by atoms with E-state index in [9.17, 15) is 4.79 Å². The molecule has 1 heterocycles. The van der Waals surface area contributed by atoms with Crippen LogP contribution >= 0.6 is 0 Å². The predicted octanol–water partition coefficient (Wildman–Crippen LogP) is 1.61. The highest BCUT2D eigenvalue weighted by Crippen LogP contribution is 2.43. The Hall–Kier alpha value is -1.50. The first-order chi connectivity index (χ1) is 8.02. The van der Waals surface area contributed by atoms with Gasteiger partial charge in [0, 0.05) is 0 Å². The highest BCUT2D eigenvalue weighted by Gasteiger charge is 2.53. The van der Waals surface area contributed by atoms with E-state index in [0.717, 1.165) is 19.3 Å². The van der Waals surface area contributed by atoms with E-state index in [-0.39, 0.29) is 6.03 Å². The van der Waals surface area contributed by atoms with Crippen molar-refractivity contribution in [3.63, 3.8) is 0 Å². The molecule has 0 radical (unpaired) electrons. The third kappa shape index (κ3) is 1.61. The van der Waals surface area contributed by atoms with E-state index in [1.807, 2.05) is 0 Å². The van der Waals surface area contributed by atoms with Gasteiger partial charge >= 0.3 is 6.03 Å². The summed E-state index contributed by atoms with van der Waals surface area (Å²) in [4.78, 5) is 17.4. The second-order valence-electron chi connectivity index (χ2n) is 5.27. The fraction of sp³-hybridized carbons (Fsp3) is 0.692. The summed E-state index contributed by atoms with van der Waals surface area (Å²) in [6.07, 6.45) is 8.34. The molecule has 0 aromatic carbocycles. The van der Waals surface area contributed by atoms with Crippen molar-refractivity contribution < 1.29 is 4.79 Å². The van der Waals surface area contributed by atoms with Crippen LogP contribution in [0.3, 0.4) is 0 Å². The number of amides is 2. The van der Waals surface area contributed by atoms with E-state index in [1.54, 1.807) is 4.90 Å². The summed E-state index contributed by atoms with van der Waals surface area (Å²) < 4.78 is 0. The van der Waals surface area contributed by atoms with Gasteiger partial charge in [0.15, 0.2) is 0 Å². The maximum Gasteiger partial charge on any atom is 0.346 e. The monoisotopic (exact) mass is 233 g/mol. The topological polar surface area (TPSA) is 58.7 Å². The molecule has 2 rings (SSSR count). The van der Waals surface area contributed by atoms with E-state index in [0.29, 0.717) is 24.2 Å². The molecule has 2 N–H and O–H groups in total. The lowest BCUT2D eigenvalue weighted by molar-refractivity contribution is 0.0933. The number of nitrogens with two attached hydrogens (primary N) is 1. The smallest absolute Gasteiger partial charge is 0.346 e. The normalized spacial score (nSPS) is 37.1. The zero-order valence-electron chi connectivity index (χ0n) is 10.4. The quantitative estimate of drug-likeness (QED) is 0.699. The number of carbonyl (C=O) groups is 1. The first-order valence-electron chi connectivity index (χ1n) is 6.12. The largest absolute Gasteiger partial charge is 0.385 e. The number of hydrogen-bond donors (Lipinski definition) is 1. The summed E-state index contributed by atoms with van der Waals surface area (Å²) in [5.41, 5.74) is 5.59. The Morgan fingerprint density at radius 2 is 2.35 bits per heavy atom. The molecule has 1 spiro atoms. The highest BCUT2D eigenvalue weighted by molar-refractivity contribution is 6.06. The van der Waals surface area contributed by atoms with Gasteiger partial charge in [-0.05, 0) is 31.1 Å². The van der Waals surface area contributed by atoms with Gasteiger partial charge in [-0.25, -0.2) is 4.79 Å². The fourth-order valence-electron chi connectivity index (χ4n) is 3.28. The van der Waals surface area contributed by atoms with Crippen LogP contribution in [0.5, 0.6) is 0 Å². The highest BCUT2D eigenvalue weighted by atomic mass is 16.2. The van der Waals surface area contributed by atoms with Crippen molar-refractivity contribution >= 4 is 11.9 Å². The number of hydrogen-bond acceptors (Lipinski definition) is 2. The van der Waals surface area contributed by atoms with Crippen LogP contribution in [0.25, 0.3) is 0 Å². The number of urea groups is 1. The minimum atomic E-state index is -0.421. The molecular weight excluding hydrogens is 214 g/mol. The maximum absolute atomic E-state index is 11.8. The molecule has 0 aromatic rings. The standard InChI is InChI=1S/C13H19N3O/c1-4-7-16-12(17)15-11(14)13(16)6-5-9(2)8-10(13)3/h1,9-10H,5-8H2,2-3H3,(H2,14,15,17). The Morgan fingerprint density at radius 3 is 2.94 bits per heavy atom. The first-order valence-corrected chi connectivity index (χ1v) is 6.12. The number of nitrogens with zero attached hydrogens (tertiary/aromatic N) is 2. The summed E-state index contributed by atoms with van der Waals surface area (Å²) in [6.45, 7) is 4.67. The van der Waals surface area contributed by atoms with Gasteiger partial charge in [0.25, 0.3) is 0 Å². The maximum atomic E-state index is 11.8. The molecule has 0 bridgehead atoms. The van der Waals surface area contributed by atoms with Gasteiger partial charge in [-0.3, -0.25) is 4.90 Å². The number of amidine groups is 1. The average molecular weight is 233 g/mol. The van der Waals surface area contributed by atoms with Crippen molar-refractivity contribution in [1.82, 2.24) is 4.90 Å². The molecule has 4 nitrogen and oxygen atoms in total. The van der Waals surface area contributed by atoms with Gasteiger partial charge in [0.05, 0.1) is 6.54 Å². The minimum Gasteiger partial charge on any atom is -0.385 e. The molecule has 17 heavy (non-hydrogen) atoms. The Bertz CT molecular complexity index is 409. The molecule has 1 aliphatic carbocycles. The van der Waals surface area contributed by atoms with Gasteiger partial charge in [-0.2, -0.15) is 4.99 Å². The summed E-state index contributed by atoms with van der Waals surface area (Å²) in [5.74, 6) is 3.98. The second-order valence-corrected chi connectivity index (χ2v) is 5.27. The summed E-state index contributed by atoms with van der Waals surface area (Å²) in [6, 6.07) is -0.276. The number of aliphatic imine (C=N–C) groups is 1. The first kappa shape index (κ1) is 12.0. The third-order valence-corrected chi connectivity index (χ3v) is 4.21. The molecule has 3 atom stereocenters. The Balaban J connectivity index is 2.36. The van der Waals surface area contributed by atoms with Crippen LogP contribution in [-0.2, 0) is 0 Å². The summed E-state index contributed by atoms with van der Waals surface area (Å²) in [5, 5.41) is 0. The van der Waals surface area contributed by atoms with E-state index >= 15 is 0 Å². The summed E-state index contributed by atoms with van der Waals surface area (Å²) >= 11 is 0. The van der Waals surface area contributed by atoms with Crippen molar-refractivity contribution in [2.75, 3.05) is 6.54 Å². The second kappa shape index (κ2) is 4.06. The molecule has 1 aliphatic heterocycles. The van der Waals surface area contributed by atoms with Crippen LogP contribution in [0.15, 0.2) is 4.99 Å². The van der Waals surface area contributed by atoms with Crippen LogP contribution in [-0.4, -0.2) is 28.9 Å². The lowest BCUT2D eigenvalue weighted by Gasteiger charge is -2.46. The van der Waals surface area contributed by atoms with Crippen LogP contribution in [0.4, 0.5) is 4.79 Å². The molecule has 92 valence electrons. The van der Waals surface area contributed by atoms with E-state index in [2.05, 4.69) is 24.8 Å². The Labute approximate surface area is 102 Å². The van der Waals surface area contributed by atoms with Crippen LogP contribution in [0.1, 0.15) is 33.1 Å². The van der Waals surface area contributed by atoms with E-state index in [4.69, 9.17) is 12.2 Å². The molecule has 1 fully saturated rings. The number of carbonyl (C=O) groups excluding carboxylic acids is 1. The van der Waals surface area contributed by atoms with Gasteiger partial charge < -0.3 is 5.73 Å². The lowest BCUT2D eigenvalue weighted by atomic mass is 9.69. The number of terminal acetylenes is 1. The van der Waals surface area contributed by atoms with Crippen molar-refractivity contribution in [1.29, 1.82) is 0 Å². The molecule has 0 aromatic heterocycles. The fourth-order valence-corrected chi connectivity index (χ4v) is 3.28. The van der Waals surface area contributed by atoms with E-state index < -0.39 is 5.54 Å². The van der Waals surface area contributed by atoms with Crippen molar-refractivity contribution in [2.45, 2.75) is 38.6 Å². The van der Waals surface area contributed by atoms with Crippen LogP contribution in [0, 0.1) is 24.2 Å². The van der Waals surface area contributed by atoms with Crippen LogP contribution < -0.4 is 5.73 Å². The van der Waals surface area contributed by atoms with Gasteiger partial charge in [-0.15, -0.1) is 6.42 Å². The van der Waals surface area contributed by atoms with Crippen molar-refractivity contribution in [3.8, 4) is 12.3 Å². The molecule has 2 amide bonds. The minimum absolute atomic E-state index is 0.276. The van der Waals surface area contributed by atoms with E-state index in [1.165, 1.54) is 0 Å².